The predicted molar refractivity (Wildman–Crippen MR) is 53.8 cm³/mol. The second-order valence-corrected chi connectivity index (χ2v) is 4.40. The maximum atomic E-state index is 10.2. The number of nitrogens with two attached hydrogens (primary N) is 2. The van der Waals surface area contributed by atoms with E-state index in [4.69, 9.17) is 10.3 Å². The highest BCUT2D eigenvalue weighted by atomic mass is 32.2. The summed E-state index contributed by atoms with van der Waals surface area (Å²) in [6, 6.07) is 0. The zero-order valence-electron chi connectivity index (χ0n) is 8.17. The summed E-state index contributed by atoms with van der Waals surface area (Å²) in [4.78, 5) is 9.47. The average molecular weight is 224 g/mol. The highest BCUT2D eigenvalue weighted by molar-refractivity contribution is 7.86. The van der Waals surface area contributed by atoms with Gasteiger partial charge < -0.3 is 11.5 Å². The van der Waals surface area contributed by atoms with Gasteiger partial charge in [-0.1, -0.05) is 20.4 Å². The topological polar surface area (TPSA) is 123 Å². The molecule has 0 aliphatic rings. The van der Waals surface area contributed by atoms with Crippen molar-refractivity contribution in [3.63, 3.8) is 0 Å². The Morgan fingerprint density at radius 3 is 1.79 bits per heavy atom. The zero-order valence-corrected chi connectivity index (χ0v) is 8.99. The van der Waals surface area contributed by atoms with Crippen LogP contribution in [-0.4, -0.2) is 24.3 Å². The number of primary amides is 1. The lowest BCUT2D eigenvalue weighted by Crippen LogP contribution is -2.34. The molecule has 0 fully saturated rings. The van der Waals surface area contributed by atoms with Crippen LogP contribution in [0.4, 0.5) is 0 Å². The van der Waals surface area contributed by atoms with Gasteiger partial charge in [-0.2, -0.15) is 8.42 Å². The summed E-state index contributed by atoms with van der Waals surface area (Å²) in [7, 11) is -4.02. The maximum absolute atomic E-state index is 10.2. The van der Waals surface area contributed by atoms with E-state index in [1.54, 1.807) is 13.8 Å². The summed E-state index contributed by atoms with van der Waals surface area (Å²) in [5.74, 6) is -0.731. The van der Waals surface area contributed by atoms with Crippen molar-refractivity contribution >= 4 is 16.0 Å². The minimum atomic E-state index is -4.02. The van der Waals surface area contributed by atoms with Gasteiger partial charge in [-0.05, 0) is 12.0 Å². The van der Waals surface area contributed by atoms with Crippen molar-refractivity contribution in [1.29, 1.82) is 0 Å². The molecule has 0 aliphatic heterocycles. The Hall–Kier alpha value is -0.920. The Kier molecular flexibility index (Phi) is 7.24. The molecule has 1 amide bonds. The fourth-order valence-corrected chi connectivity index (χ4v) is 1.03. The van der Waals surface area contributed by atoms with Crippen LogP contribution >= 0.6 is 0 Å². The van der Waals surface area contributed by atoms with Gasteiger partial charge in [0.1, 0.15) is 5.37 Å². The summed E-state index contributed by atoms with van der Waals surface area (Å²) < 4.78 is 28.7. The second kappa shape index (κ2) is 6.52. The standard InChI is InChI=1S/C4H11NO3S.C3H5NO/c1-3(2)4(5)9(6,7)8;1-2-3(4)5/h3-4H,5H2,1-2H3,(H,6,7,8);2H,1H2,(H2,4,5). The SMILES string of the molecule is C=CC(N)=O.CC(C)C(N)S(=O)(=O)O. The molecule has 0 bridgehead atoms. The molecule has 6 nitrogen and oxygen atoms in total. The lowest BCUT2D eigenvalue weighted by atomic mass is 10.2. The van der Waals surface area contributed by atoms with Gasteiger partial charge in [0.05, 0.1) is 0 Å². The lowest BCUT2D eigenvalue weighted by Gasteiger charge is -2.10. The van der Waals surface area contributed by atoms with Crippen molar-refractivity contribution in [2.24, 2.45) is 17.4 Å². The van der Waals surface area contributed by atoms with Gasteiger partial charge >= 0.3 is 0 Å². The number of hydrogen-bond donors (Lipinski definition) is 3. The van der Waals surface area contributed by atoms with Crippen molar-refractivity contribution in [2.75, 3.05) is 0 Å². The van der Waals surface area contributed by atoms with Crippen LogP contribution in [0.2, 0.25) is 0 Å². The molecule has 0 saturated heterocycles. The van der Waals surface area contributed by atoms with Crippen molar-refractivity contribution in [3.05, 3.63) is 12.7 Å². The average Bonchev–Trinajstić information content (AvgIpc) is 2.02. The second-order valence-electron chi connectivity index (χ2n) is 2.83. The van der Waals surface area contributed by atoms with Crippen LogP contribution in [0.1, 0.15) is 13.8 Å². The molecule has 1 atom stereocenters. The van der Waals surface area contributed by atoms with Gasteiger partial charge in [0, 0.05) is 0 Å². The van der Waals surface area contributed by atoms with Crippen LogP contribution < -0.4 is 11.5 Å². The van der Waals surface area contributed by atoms with E-state index in [2.05, 4.69) is 12.3 Å². The van der Waals surface area contributed by atoms with E-state index in [1.807, 2.05) is 0 Å². The van der Waals surface area contributed by atoms with Crippen molar-refractivity contribution in [2.45, 2.75) is 19.2 Å². The van der Waals surface area contributed by atoms with Crippen LogP contribution in [-0.2, 0) is 14.9 Å². The maximum Gasteiger partial charge on any atom is 0.281 e. The van der Waals surface area contributed by atoms with Gasteiger partial charge in [-0.3, -0.25) is 9.35 Å². The van der Waals surface area contributed by atoms with Crippen molar-refractivity contribution in [3.8, 4) is 0 Å². The molecule has 0 aliphatic carbocycles. The van der Waals surface area contributed by atoms with E-state index in [0.717, 1.165) is 6.08 Å². The minimum absolute atomic E-state index is 0.250. The van der Waals surface area contributed by atoms with Crippen LogP contribution in [0.25, 0.3) is 0 Å². The first-order valence-electron chi connectivity index (χ1n) is 3.76. The molecule has 0 rings (SSSR count). The summed E-state index contributed by atoms with van der Waals surface area (Å²) in [5.41, 5.74) is 9.59. The first-order valence-corrected chi connectivity index (χ1v) is 5.27. The third kappa shape index (κ3) is 9.17. The largest absolute Gasteiger partial charge is 0.366 e. The normalized spacial score (nSPS) is 12.6. The zero-order chi connectivity index (χ0) is 11.9. The molecule has 7 heteroatoms. The smallest absolute Gasteiger partial charge is 0.281 e. The first-order chi connectivity index (χ1) is 6.12. The summed E-state index contributed by atoms with van der Waals surface area (Å²) in [6.45, 7) is 6.33. The number of hydrogen-bond acceptors (Lipinski definition) is 4. The molecular formula is C7H16N2O4S. The monoisotopic (exact) mass is 224 g/mol. The van der Waals surface area contributed by atoms with Crippen LogP contribution in [0.3, 0.4) is 0 Å². The fourth-order valence-electron chi connectivity index (χ4n) is 0.344. The van der Waals surface area contributed by atoms with Gasteiger partial charge in [0.15, 0.2) is 0 Å². The molecule has 5 N–H and O–H groups in total. The minimum Gasteiger partial charge on any atom is -0.366 e. The third-order valence-corrected chi connectivity index (χ3v) is 2.43. The third-order valence-electron chi connectivity index (χ3n) is 1.20. The van der Waals surface area contributed by atoms with Crippen LogP contribution in [0, 0.1) is 5.92 Å². The molecule has 0 aromatic carbocycles. The molecule has 84 valence electrons. The van der Waals surface area contributed by atoms with Gasteiger partial charge in [0.2, 0.25) is 5.91 Å². The highest BCUT2D eigenvalue weighted by Gasteiger charge is 2.20. The Morgan fingerprint density at radius 2 is 1.79 bits per heavy atom. The summed E-state index contributed by atoms with van der Waals surface area (Å²) in [5, 5.41) is -1.16. The number of carbonyl (C=O) groups excluding carboxylic acids is 1. The predicted octanol–water partition coefficient (Wildman–Crippen LogP) is -0.527. The fraction of sp³-hybridized carbons (Fsp3) is 0.571. The molecule has 1 unspecified atom stereocenters. The van der Waals surface area contributed by atoms with Crippen LogP contribution in [0.15, 0.2) is 12.7 Å². The lowest BCUT2D eigenvalue weighted by molar-refractivity contribution is -0.113. The van der Waals surface area contributed by atoms with E-state index in [1.165, 1.54) is 0 Å². The Bertz CT molecular complexity index is 284. The molecule has 0 aromatic rings. The van der Waals surface area contributed by atoms with E-state index in [-0.39, 0.29) is 5.92 Å². The van der Waals surface area contributed by atoms with Gasteiger partial charge in [-0.25, -0.2) is 0 Å². The molecule has 0 radical (unpaired) electrons. The number of rotatable bonds is 3. The quantitative estimate of drug-likeness (QED) is 0.439. The molecule has 0 saturated carbocycles. The Morgan fingerprint density at radius 1 is 1.50 bits per heavy atom. The van der Waals surface area contributed by atoms with Gasteiger partial charge in [-0.15, -0.1) is 0 Å². The van der Waals surface area contributed by atoms with E-state index in [9.17, 15) is 13.2 Å². The van der Waals surface area contributed by atoms with Crippen molar-refractivity contribution in [1.82, 2.24) is 0 Å². The summed E-state index contributed by atoms with van der Waals surface area (Å²) in [6.07, 6.45) is 1.06. The molecule has 0 heterocycles. The molecule has 0 spiro atoms. The Labute approximate surface area is 83.7 Å². The van der Waals surface area contributed by atoms with Gasteiger partial charge in [0.25, 0.3) is 10.1 Å². The first kappa shape index (κ1) is 15.5. The number of carbonyl (C=O) groups is 1. The molecule has 0 aromatic heterocycles. The van der Waals surface area contributed by atoms with E-state index >= 15 is 0 Å². The van der Waals surface area contributed by atoms with Crippen LogP contribution in [0.5, 0.6) is 0 Å². The number of amides is 1. The highest BCUT2D eigenvalue weighted by Crippen LogP contribution is 2.03. The molecule has 14 heavy (non-hydrogen) atoms. The summed E-state index contributed by atoms with van der Waals surface area (Å²) >= 11 is 0. The van der Waals surface area contributed by atoms with E-state index < -0.39 is 21.4 Å². The van der Waals surface area contributed by atoms with Crippen molar-refractivity contribution < 1.29 is 17.8 Å². The molecular weight excluding hydrogens is 208 g/mol. The Balaban J connectivity index is 0. The van der Waals surface area contributed by atoms with E-state index in [0.29, 0.717) is 0 Å².